The first kappa shape index (κ1) is 12.8. The van der Waals surface area contributed by atoms with Gasteiger partial charge in [0, 0.05) is 19.1 Å². The van der Waals surface area contributed by atoms with Crippen molar-refractivity contribution in [3.05, 3.63) is 0 Å². The van der Waals surface area contributed by atoms with Gasteiger partial charge in [-0.1, -0.05) is 0 Å². The zero-order chi connectivity index (χ0) is 11.4. The molecule has 0 unspecified atom stereocenters. The van der Waals surface area contributed by atoms with E-state index >= 15 is 0 Å². The molecule has 1 rings (SSSR count). The summed E-state index contributed by atoms with van der Waals surface area (Å²) in [6.45, 7) is 7.18. The molecule has 1 heterocycles. The number of carbonyl (C=O) groups is 1. The van der Waals surface area contributed by atoms with E-state index < -0.39 is 0 Å². The standard InChI is InChI=1S/C11H21ClN2O/c1-9(2)14(11(15)6-12)8-10-4-5-13(3)7-10/h9-10H,4-8H2,1-3H3/t10-/m0/s1. The van der Waals surface area contributed by atoms with Crippen LogP contribution in [0.25, 0.3) is 0 Å². The van der Waals surface area contributed by atoms with Crippen LogP contribution >= 0.6 is 11.6 Å². The van der Waals surface area contributed by atoms with E-state index in [4.69, 9.17) is 11.6 Å². The Labute approximate surface area is 97.4 Å². The van der Waals surface area contributed by atoms with Crippen molar-refractivity contribution in [3.63, 3.8) is 0 Å². The van der Waals surface area contributed by atoms with Gasteiger partial charge in [0.15, 0.2) is 0 Å². The average Bonchev–Trinajstić information content (AvgIpc) is 2.59. The molecular formula is C11H21ClN2O. The molecule has 0 aromatic heterocycles. The third-order valence-electron chi connectivity index (χ3n) is 3.00. The predicted octanol–water partition coefficient (Wildman–Crippen LogP) is 1.41. The van der Waals surface area contributed by atoms with E-state index in [1.165, 1.54) is 6.42 Å². The minimum Gasteiger partial charge on any atom is -0.339 e. The number of hydrogen-bond donors (Lipinski definition) is 0. The summed E-state index contributed by atoms with van der Waals surface area (Å²) in [4.78, 5) is 15.8. The summed E-state index contributed by atoms with van der Waals surface area (Å²) < 4.78 is 0. The number of likely N-dealkylation sites (tertiary alicyclic amines) is 1. The molecule has 0 spiro atoms. The molecule has 1 amide bonds. The van der Waals surface area contributed by atoms with Gasteiger partial charge in [0.1, 0.15) is 5.88 Å². The second-order valence-electron chi connectivity index (χ2n) is 4.69. The smallest absolute Gasteiger partial charge is 0.237 e. The van der Waals surface area contributed by atoms with Crippen LogP contribution in [0.3, 0.4) is 0 Å². The molecule has 1 atom stereocenters. The quantitative estimate of drug-likeness (QED) is 0.685. The van der Waals surface area contributed by atoms with Gasteiger partial charge in [0.05, 0.1) is 0 Å². The van der Waals surface area contributed by atoms with E-state index in [0.29, 0.717) is 5.92 Å². The fraction of sp³-hybridized carbons (Fsp3) is 0.909. The first-order valence-corrected chi connectivity index (χ1v) is 6.12. The molecule has 0 aromatic rings. The summed E-state index contributed by atoms with van der Waals surface area (Å²) in [6, 6.07) is 0.252. The Hall–Kier alpha value is -0.280. The molecule has 15 heavy (non-hydrogen) atoms. The van der Waals surface area contributed by atoms with Gasteiger partial charge >= 0.3 is 0 Å². The lowest BCUT2D eigenvalue weighted by atomic mass is 10.1. The van der Waals surface area contributed by atoms with Crippen LogP contribution < -0.4 is 0 Å². The molecule has 1 aliphatic rings. The first-order valence-electron chi connectivity index (χ1n) is 5.58. The van der Waals surface area contributed by atoms with Crippen molar-refractivity contribution in [2.45, 2.75) is 26.3 Å². The van der Waals surface area contributed by atoms with Gasteiger partial charge in [-0.2, -0.15) is 0 Å². The number of alkyl halides is 1. The maximum atomic E-state index is 11.6. The Balaban J connectivity index is 2.48. The highest BCUT2D eigenvalue weighted by Crippen LogP contribution is 2.17. The van der Waals surface area contributed by atoms with Crippen LogP contribution in [0.4, 0.5) is 0 Å². The Morgan fingerprint density at radius 2 is 2.27 bits per heavy atom. The lowest BCUT2D eigenvalue weighted by Crippen LogP contribution is -2.41. The largest absolute Gasteiger partial charge is 0.339 e. The number of halogens is 1. The minimum absolute atomic E-state index is 0.0567. The second kappa shape index (κ2) is 5.71. The molecule has 3 nitrogen and oxygen atoms in total. The maximum absolute atomic E-state index is 11.6. The normalized spacial score (nSPS) is 22.3. The van der Waals surface area contributed by atoms with Gasteiger partial charge in [-0.25, -0.2) is 0 Å². The average molecular weight is 233 g/mol. The Morgan fingerprint density at radius 3 is 2.67 bits per heavy atom. The van der Waals surface area contributed by atoms with Gasteiger partial charge in [-0.15, -0.1) is 11.6 Å². The van der Waals surface area contributed by atoms with E-state index in [9.17, 15) is 4.79 Å². The maximum Gasteiger partial charge on any atom is 0.237 e. The molecule has 1 fully saturated rings. The van der Waals surface area contributed by atoms with Crippen molar-refractivity contribution in [2.24, 2.45) is 5.92 Å². The molecular weight excluding hydrogens is 212 g/mol. The van der Waals surface area contributed by atoms with Crippen LogP contribution in [-0.2, 0) is 4.79 Å². The molecule has 0 bridgehead atoms. The van der Waals surface area contributed by atoms with Crippen LogP contribution in [0.2, 0.25) is 0 Å². The summed E-state index contributed by atoms with van der Waals surface area (Å²) >= 11 is 5.60. The highest BCUT2D eigenvalue weighted by molar-refractivity contribution is 6.27. The molecule has 0 N–H and O–H groups in total. The molecule has 1 saturated heterocycles. The summed E-state index contributed by atoms with van der Waals surface area (Å²) in [5.41, 5.74) is 0. The van der Waals surface area contributed by atoms with Crippen LogP contribution in [0.1, 0.15) is 20.3 Å². The van der Waals surface area contributed by atoms with Crippen molar-refractivity contribution < 1.29 is 4.79 Å². The van der Waals surface area contributed by atoms with E-state index in [1.54, 1.807) is 0 Å². The molecule has 0 radical (unpaired) electrons. The van der Waals surface area contributed by atoms with Gasteiger partial charge in [0.25, 0.3) is 0 Å². The predicted molar refractivity (Wildman–Crippen MR) is 63.2 cm³/mol. The first-order chi connectivity index (χ1) is 7.04. The third-order valence-corrected chi connectivity index (χ3v) is 3.23. The fourth-order valence-electron chi connectivity index (χ4n) is 2.13. The second-order valence-corrected chi connectivity index (χ2v) is 4.96. The van der Waals surface area contributed by atoms with Crippen LogP contribution in [-0.4, -0.2) is 54.3 Å². The van der Waals surface area contributed by atoms with E-state index in [2.05, 4.69) is 11.9 Å². The minimum atomic E-state index is 0.0567. The number of amides is 1. The van der Waals surface area contributed by atoms with E-state index in [0.717, 1.165) is 19.6 Å². The number of rotatable bonds is 4. The zero-order valence-electron chi connectivity index (χ0n) is 9.87. The monoisotopic (exact) mass is 232 g/mol. The van der Waals surface area contributed by atoms with Crippen molar-refractivity contribution in [2.75, 3.05) is 32.6 Å². The van der Waals surface area contributed by atoms with Crippen molar-refractivity contribution in [3.8, 4) is 0 Å². The van der Waals surface area contributed by atoms with Crippen LogP contribution in [0, 0.1) is 5.92 Å². The highest BCUT2D eigenvalue weighted by atomic mass is 35.5. The van der Waals surface area contributed by atoms with Gasteiger partial charge < -0.3 is 9.80 Å². The van der Waals surface area contributed by atoms with Gasteiger partial charge in [0.2, 0.25) is 5.91 Å². The molecule has 1 aliphatic heterocycles. The molecule has 4 heteroatoms. The van der Waals surface area contributed by atoms with Crippen LogP contribution in [0.5, 0.6) is 0 Å². The lowest BCUT2D eigenvalue weighted by Gasteiger charge is -2.28. The summed E-state index contributed by atoms with van der Waals surface area (Å²) in [5.74, 6) is 0.770. The lowest BCUT2D eigenvalue weighted by molar-refractivity contribution is -0.130. The third kappa shape index (κ3) is 3.65. The number of nitrogens with zero attached hydrogens (tertiary/aromatic N) is 2. The summed E-state index contributed by atoms with van der Waals surface area (Å²) in [7, 11) is 2.13. The molecule has 0 aliphatic carbocycles. The van der Waals surface area contributed by atoms with E-state index in [1.807, 2.05) is 18.7 Å². The summed E-state index contributed by atoms with van der Waals surface area (Å²) in [6.07, 6.45) is 1.19. The Kier molecular flexibility index (Phi) is 4.87. The van der Waals surface area contributed by atoms with Crippen LogP contribution in [0.15, 0.2) is 0 Å². The molecule has 0 aromatic carbocycles. The highest BCUT2D eigenvalue weighted by Gasteiger charge is 2.25. The van der Waals surface area contributed by atoms with E-state index in [-0.39, 0.29) is 17.8 Å². The Morgan fingerprint density at radius 1 is 1.60 bits per heavy atom. The summed E-state index contributed by atoms with van der Waals surface area (Å²) in [5, 5.41) is 0. The van der Waals surface area contributed by atoms with Crippen molar-refractivity contribution >= 4 is 17.5 Å². The molecule has 0 saturated carbocycles. The van der Waals surface area contributed by atoms with Crippen molar-refractivity contribution in [1.29, 1.82) is 0 Å². The van der Waals surface area contributed by atoms with Crippen molar-refractivity contribution in [1.82, 2.24) is 9.80 Å². The topological polar surface area (TPSA) is 23.6 Å². The van der Waals surface area contributed by atoms with Gasteiger partial charge in [-0.05, 0) is 39.8 Å². The molecule has 88 valence electrons. The SMILES string of the molecule is CC(C)N(C[C@H]1CCN(C)C1)C(=O)CCl. The zero-order valence-corrected chi connectivity index (χ0v) is 10.6. The number of hydrogen-bond acceptors (Lipinski definition) is 2. The fourth-order valence-corrected chi connectivity index (χ4v) is 2.28. The number of carbonyl (C=O) groups excluding carboxylic acids is 1. The van der Waals surface area contributed by atoms with Gasteiger partial charge in [-0.3, -0.25) is 4.79 Å². The Bertz CT molecular complexity index is 221.